The standard InChI is InChI=1S/C21H30N4O/c1-3-7-20(8-4-1)25-17-19(16-23-25)15-22-18-21(9-5-2-6-10-21)24-11-13-26-14-12-24/h1,3-4,7-8,16-17,22H,2,5-6,9-15,18H2. The van der Waals surface area contributed by atoms with Gasteiger partial charge in [0.05, 0.1) is 25.1 Å². The summed E-state index contributed by atoms with van der Waals surface area (Å²) in [5, 5.41) is 8.25. The van der Waals surface area contributed by atoms with Crippen LogP contribution >= 0.6 is 0 Å². The number of hydrogen-bond acceptors (Lipinski definition) is 4. The molecular formula is C21H30N4O. The van der Waals surface area contributed by atoms with Crippen molar-refractivity contribution in [1.29, 1.82) is 0 Å². The molecular weight excluding hydrogens is 324 g/mol. The van der Waals surface area contributed by atoms with Crippen LogP contribution < -0.4 is 5.32 Å². The molecule has 1 aliphatic heterocycles. The number of benzene rings is 1. The van der Waals surface area contributed by atoms with Crippen molar-refractivity contribution in [1.82, 2.24) is 20.0 Å². The monoisotopic (exact) mass is 354 g/mol. The van der Waals surface area contributed by atoms with Gasteiger partial charge >= 0.3 is 0 Å². The third kappa shape index (κ3) is 4.00. The Labute approximate surface area is 156 Å². The molecule has 4 rings (SSSR count). The Bertz CT molecular complexity index is 672. The second-order valence-electron chi connectivity index (χ2n) is 7.62. The Morgan fingerprint density at radius 2 is 1.81 bits per heavy atom. The zero-order valence-corrected chi connectivity index (χ0v) is 15.6. The van der Waals surface area contributed by atoms with E-state index in [1.165, 1.54) is 37.7 Å². The van der Waals surface area contributed by atoms with E-state index in [4.69, 9.17) is 4.74 Å². The SMILES string of the molecule is c1ccc(-n2cc(CNCC3(N4CCOCC4)CCCCC3)cn2)cc1. The normalized spacial score (nSPS) is 20.9. The molecule has 5 heteroatoms. The molecule has 0 bridgehead atoms. The minimum Gasteiger partial charge on any atom is -0.379 e. The summed E-state index contributed by atoms with van der Waals surface area (Å²) in [6.45, 7) is 5.85. The van der Waals surface area contributed by atoms with E-state index in [0.29, 0.717) is 5.54 Å². The van der Waals surface area contributed by atoms with Gasteiger partial charge in [-0.1, -0.05) is 37.5 Å². The van der Waals surface area contributed by atoms with Crippen LogP contribution in [0.25, 0.3) is 5.69 Å². The molecule has 1 aromatic carbocycles. The van der Waals surface area contributed by atoms with E-state index in [1.807, 2.05) is 29.1 Å². The second kappa shape index (κ2) is 8.33. The minimum absolute atomic E-state index is 0.317. The van der Waals surface area contributed by atoms with Crippen LogP contribution in [0.1, 0.15) is 37.7 Å². The summed E-state index contributed by atoms with van der Waals surface area (Å²) in [6.07, 6.45) is 10.8. The van der Waals surface area contributed by atoms with Crippen molar-refractivity contribution in [2.24, 2.45) is 0 Å². The molecule has 0 atom stereocenters. The largest absolute Gasteiger partial charge is 0.379 e. The van der Waals surface area contributed by atoms with Gasteiger partial charge in [0, 0.05) is 43.5 Å². The number of para-hydroxylation sites is 1. The van der Waals surface area contributed by atoms with Gasteiger partial charge in [0.2, 0.25) is 0 Å². The summed E-state index contributed by atoms with van der Waals surface area (Å²) >= 11 is 0. The van der Waals surface area contributed by atoms with Gasteiger partial charge in [0.15, 0.2) is 0 Å². The highest BCUT2D eigenvalue weighted by molar-refractivity contribution is 5.30. The molecule has 0 spiro atoms. The van der Waals surface area contributed by atoms with Gasteiger partial charge < -0.3 is 10.1 Å². The van der Waals surface area contributed by atoms with Crippen molar-refractivity contribution in [3.8, 4) is 5.69 Å². The first-order chi connectivity index (χ1) is 12.9. The smallest absolute Gasteiger partial charge is 0.0645 e. The van der Waals surface area contributed by atoms with Gasteiger partial charge in [-0.2, -0.15) is 5.10 Å². The van der Waals surface area contributed by atoms with Crippen molar-refractivity contribution in [2.45, 2.75) is 44.2 Å². The minimum atomic E-state index is 0.317. The molecule has 2 aromatic rings. The average Bonchev–Trinajstić information content (AvgIpc) is 3.19. The molecule has 0 amide bonds. The first kappa shape index (κ1) is 17.7. The van der Waals surface area contributed by atoms with Gasteiger partial charge in [-0.05, 0) is 25.0 Å². The third-order valence-corrected chi connectivity index (χ3v) is 5.91. The summed E-state index contributed by atoms with van der Waals surface area (Å²) in [5.74, 6) is 0. The summed E-state index contributed by atoms with van der Waals surface area (Å²) < 4.78 is 7.53. The molecule has 2 fully saturated rings. The summed E-state index contributed by atoms with van der Waals surface area (Å²) in [5.41, 5.74) is 2.66. The van der Waals surface area contributed by atoms with Gasteiger partial charge in [-0.3, -0.25) is 4.90 Å². The molecule has 1 saturated heterocycles. The fraction of sp³-hybridized carbons (Fsp3) is 0.571. The first-order valence-electron chi connectivity index (χ1n) is 9.98. The highest BCUT2D eigenvalue weighted by Gasteiger charge is 2.38. The van der Waals surface area contributed by atoms with Crippen LogP contribution in [0, 0.1) is 0 Å². The Morgan fingerprint density at radius 3 is 2.58 bits per heavy atom. The quantitative estimate of drug-likeness (QED) is 0.866. The van der Waals surface area contributed by atoms with E-state index in [2.05, 4.69) is 33.6 Å². The van der Waals surface area contributed by atoms with Crippen LogP contribution in [-0.2, 0) is 11.3 Å². The zero-order valence-electron chi connectivity index (χ0n) is 15.6. The maximum Gasteiger partial charge on any atom is 0.0645 e. The van der Waals surface area contributed by atoms with Crippen LogP contribution in [0.3, 0.4) is 0 Å². The van der Waals surface area contributed by atoms with Crippen LogP contribution in [0.15, 0.2) is 42.7 Å². The Balaban J connectivity index is 1.37. The van der Waals surface area contributed by atoms with Gasteiger partial charge in [-0.25, -0.2) is 4.68 Å². The van der Waals surface area contributed by atoms with E-state index in [9.17, 15) is 0 Å². The third-order valence-electron chi connectivity index (χ3n) is 5.91. The highest BCUT2D eigenvalue weighted by atomic mass is 16.5. The molecule has 1 N–H and O–H groups in total. The topological polar surface area (TPSA) is 42.3 Å². The summed E-state index contributed by atoms with van der Waals surface area (Å²) in [4.78, 5) is 2.69. The highest BCUT2D eigenvalue weighted by Crippen LogP contribution is 2.33. The number of morpholine rings is 1. The first-order valence-corrected chi connectivity index (χ1v) is 9.98. The van der Waals surface area contributed by atoms with E-state index in [-0.39, 0.29) is 0 Å². The predicted molar refractivity (Wildman–Crippen MR) is 103 cm³/mol. The molecule has 2 aliphatic rings. The van der Waals surface area contributed by atoms with Crippen LogP contribution in [-0.4, -0.2) is 53.1 Å². The fourth-order valence-electron chi connectivity index (χ4n) is 4.47. The van der Waals surface area contributed by atoms with Gasteiger partial charge in [0.25, 0.3) is 0 Å². The molecule has 140 valence electrons. The Hall–Kier alpha value is -1.69. The van der Waals surface area contributed by atoms with Crippen molar-refractivity contribution < 1.29 is 4.74 Å². The van der Waals surface area contributed by atoms with Gasteiger partial charge in [-0.15, -0.1) is 0 Å². The van der Waals surface area contributed by atoms with Crippen molar-refractivity contribution in [3.05, 3.63) is 48.3 Å². The lowest BCUT2D eigenvalue weighted by atomic mass is 9.79. The Kier molecular flexibility index (Phi) is 5.68. The molecule has 1 aromatic heterocycles. The molecule has 0 unspecified atom stereocenters. The van der Waals surface area contributed by atoms with E-state index >= 15 is 0 Å². The van der Waals surface area contributed by atoms with Crippen molar-refractivity contribution in [3.63, 3.8) is 0 Å². The lowest BCUT2D eigenvalue weighted by Crippen LogP contribution is -2.59. The molecule has 26 heavy (non-hydrogen) atoms. The van der Waals surface area contributed by atoms with E-state index in [0.717, 1.165) is 45.1 Å². The maximum atomic E-state index is 5.58. The molecule has 0 radical (unpaired) electrons. The lowest BCUT2D eigenvalue weighted by molar-refractivity contribution is -0.0369. The van der Waals surface area contributed by atoms with Crippen LogP contribution in [0.4, 0.5) is 0 Å². The van der Waals surface area contributed by atoms with Crippen molar-refractivity contribution >= 4 is 0 Å². The number of nitrogens with one attached hydrogen (secondary N) is 1. The number of nitrogens with zero attached hydrogens (tertiary/aromatic N) is 3. The van der Waals surface area contributed by atoms with Crippen LogP contribution in [0.5, 0.6) is 0 Å². The number of aromatic nitrogens is 2. The van der Waals surface area contributed by atoms with E-state index in [1.54, 1.807) is 0 Å². The maximum absolute atomic E-state index is 5.58. The average molecular weight is 354 g/mol. The number of rotatable bonds is 6. The van der Waals surface area contributed by atoms with Crippen LogP contribution in [0.2, 0.25) is 0 Å². The summed E-state index contributed by atoms with van der Waals surface area (Å²) in [7, 11) is 0. The lowest BCUT2D eigenvalue weighted by Gasteiger charge is -2.48. The molecule has 5 nitrogen and oxygen atoms in total. The summed E-state index contributed by atoms with van der Waals surface area (Å²) in [6, 6.07) is 10.3. The van der Waals surface area contributed by atoms with E-state index < -0.39 is 0 Å². The second-order valence-corrected chi connectivity index (χ2v) is 7.62. The zero-order chi connectivity index (χ0) is 17.7. The molecule has 1 saturated carbocycles. The molecule has 2 heterocycles. The van der Waals surface area contributed by atoms with Gasteiger partial charge in [0.1, 0.15) is 0 Å². The Morgan fingerprint density at radius 1 is 1.04 bits per heavy atom. The number of ether oxygens (including phenoxy) is 1. The predicted octanol–water partition coefficient (Wildman–Crippen LogP) is 3.00. The molecule has 1 aliphatic carbocycles. The fourth-order valence-corrected chi connectivity index (χ4v) is 4.47. The van der Waals surface area contributed by atoms with Crippen molar-refractivity contribution in [2.75, 3.05) is 32.8 Å². The number of hydrogen-bond donors (Lipinski definition) is 1.